The van der Waals surface area contributed by atoms with Gasteiger partial charge in [0.25, 0.3) is 0 Å². The first-order valence-electron chi connectivity index (χ1n) is 7.09. The Morgan fingerprint density at radius 3 is 2.89 bits per heavy atom. The minimum absolute atomic E-state index is 0.216. The second-order valence-electron chi connectivity index (χ2n) is 5.33. The number of aliphatic hydroxyl groups excluding tert-OH is 1. The highest BCUT2D eigenvalue weighted by Crippen LogP contribution is 2.29. The van der Waals surface area contributed by atoms with E-state index in [2.05, 4.69) is 6.20 Å². The Bertz CT molecular complexity index is 519. The molecule has 0 amide bonds. The number of nitrogens with zero attached hydrogens (tertiary/aromatic N) is 1. The largest absolute Gasteiger partial charge is 0.388 e. The first-order chi connectivity index (χ1) is 9.02. The summed E-state index contributed by atoms with van der Waals surface area (Å²) in [5, 5.41) is 10.0. The molecule has 1 aromatic heterocycles. The van der Waals surface area contributed by atoms with Gasteiger partial charge in [0, 0.05) is 30.3 Å². The summed E-state index contributed by atoms with van der Waals surface area (Å²) in [6, 6.07) is 0. The normalized spacial score (nSPS) is 20.0. The van der Waals surface area contributed by atoms with E-state index >= 15 is 0 Å². The molecule has 19 heavy (non-hydrogen) atoms. The number of fused-ring (bicyclic) bond motifs is 1. The quantitative estimate of drug-likeness (QED) is 0.843. The highest BCUT2D eigenvalue weighted by molar-refractivity contribution is 7.91. The van der Waals surface area contributed by atoms with Gasteiger partial charge >= 0.3 is 0 Å². The van der Waals surface area contributed by atoms with Gasteiger partial charge in [0.1, 0.15) is 9.84 Å². The summed E-state index contributed by atoms with van der Waals surface area (Å²) in [6.45, 7) is 2.39. The molecule has 1 unspecified atom stereocenters. The number of aromatic nitrogens is 1. The van der Waals surface area contributed by atoms with E-state index in [9.17, 15) is 13.5 Å². The Morgan fingerprint density at radius 1 is 1.37 bits per heavy atom. The number of hydrogen-bond acceptors (Lipinski definition) is 3. The van der Waals surface area contributed by atoms with E-state index in [4.69, 9.17) is 0 Å². The van der Waals surface area contributed by atoms with Crippen LogP contribution < -0.4 is 0 Å². The van der Waals surface area contributed by atoms with E-state index < -0.39 is 9.84 Å². The molecule has 0 bridgehead atoms. The molecule has 1 aliphatic carbocycles. The zero-order chi connectivity index (χ0) is 13.9. The highest BCUT2D eigenvalue weighted by Gasteiger charge is 2.18. The van der Waals surface area contributed by atoms with Crippen LogP contribution in [0, 0.1) is 0 Å². The standard InChI is InChI=1S/C14H23NO3S/c1-2-19(17,18)9-5-8-15-10-12-6-3-4-7-14(16)13(12)11-15/h10-11,14,16H,2-9H2,1H3. The van der Waals surface area contributed by atoms with Gasteiger partial charge in [-0.3, -0.25) is 0 Å². The summed E-state index contributed by atoms with van der Waals surface area (Å²) in [6.07, 6.45) is 8.40. The first-order valence-corrected chi connectivity index (χ1v) is 8.91. The van der Waals surface area contributed by atoms with Crippen LogP contribution in [0.4, 0.5) is 0 Å². The predicted octanol–water partition coefficient (Wildman–Crippen LogP) is 2.07. The molecule has 5 heteroatoms. The van der Waals surface area contributed by atoms with Crippen LogP contribution in [0.15, 0.2) is 12.4 Å². The fourth-order valence-corrected chi connectivity index (χ4v) is 3.49. The summed E-state index contributed by atoms with van der Waals surface area (Å²) in [7, 11) is -2.87. The fraction of sp³-hybridized carbons (Fsp3) is 0.714. The van der Waals surface area contributed by atoms with Gasteiger partial charge in [0.05, 0.1) is 11.9 Å². The van der Waals surface area contributed by atoms with E-state index in [1.54, 1.807) is 6.92 Å². The van der Waals surface area contributed by atoms with Gasteiger partial charge in [0.2, 0.25) is 0 Å². The van der Waals surface area contributed by atoms with Gasteiger partial charge in [-0.15, -0.1) is 0 Å². The molecule has 0 aliphatic heterocycles. The van der Waals surface area contributed by atoms with E-state index in [0.29, 0.717) is 13.0 Å². The molecule has 0 saturated carbocycles. The van der Waals surface area contributed by atoms with Crippen LogP contribution in [0.1, 0.15) is 49.8 Å². The van der Waals surface area contributed by atoms with Crippen LogP contribution in [0.5, 0.6) is 0 Å². The zero-order valence-corrected chi connectivity index (χ0v) is 12.3. The van der Waals surface area contributed by atoms with Crippen molar-refractivity contribution in [3.63, 3.8) is 0 Å². The Labute approximate surface area is 115 Å². The van der Waals surface area contributed by atoms with Gasteiger partial charge in [-0.05, 0) is 31.2 Å². The lowest BCUT2D eigenvalue weighted by molar-refractivity contribution is 0.166. The number of sulfone groups is 1. The minimum Gasteiger partial charge on any atom is -0.388 e. The Morgan fingerprint density at radius 2 is 2.16 bits per heavy atom. The Balaban J connectivity index is 1.97. The number of aryl methyl sites for hydroxylation is 2. The molecule has 1 atom stereocenters. The summed E-state index contributed by atoms with van der Waals surface area (Å²) < 4.78 is 24.9. The van der Waals surface area contributed by atoms with Crippen molar-refractivity contribution in [2.45, 2.75) is 51.7 Å². The molecule has 4 nitrogen and oxygen atoms in total. The summed E-state index contributed by atoms with van der Waals surface area (Å²) >= 11 is 0. The third kappa shape index (κ3) is 3.83. The Hall–Kier alpha value is -0.810. The maximum atomic E-state index is 11.4. The zero-order valence-electron chi connectivity index (χ0n) is 11.5. The summed E-state index contributed by atoms with van der Waals surface area (Å²) in [5.41, 5.74) is 2.26. The van der Waals surface area contributed by atoms with E-state index in [1.807, 2.05) is 10.8 Å². The van der Waals surface area contributed by atoms with Crippen molar-refractivity contribution in [2.24, 2.45) is 0 Å². The lowest BCUT2D eigenvalue weighted by Crippen LogP contribution is -2.10. The third-order valence-corrected chi connectivity index (χ3v) is 5.63. The molecule has 2 rings (SSSR count). The average molecular weight is 285 g/mol. The average Bonchev–Trinajstić information content (AvgIpc) is 2.70. The lowest BCUT2D eigenvalue weighted by atomic mass is 10.1. The first kappa shape index (κ1) is 14.6. The molecule has 0 spiro atoms. The van der Waals surface area contributed by atoms with Crippen molar-refractivity contribution < 1.29 is 13.5 Å². The summed E-state index contributed by atoms with van der Waals surface area (Å²) in [4.78, 5) is 0. The Kier molecular flexibility index (Phi) is 4.68. The molecule has 1 heterocycles. The SMILES string of the molecule is CCS(=O)(=O)CCCn1cc2c(c1)C(O)CCCC2. The number of aliphatic hydroxyl groups is 1. The van der Waals surface area contributed by atoms with Crippen molar-refractivity contribution in [3.8, 4) is 0 Å². The van der Waals surface area contributed by atoms with Gasteiger partial charge in [-0.2, -0.15) is 0 Å². The molecule has 0 fully saturated rings. The smallest absolute Gasteiger partial charge is 0.150 e. The van der Waals surface area contributed by atoms with Gasteiger partial charge < -0.3 is 9.67 Å². The van der Waals surface area contributed by atoms with Crippen LogP contribution in [0.25, 0.3) is 0 Å². The van der Waals surface area contributed by atoms with Gasteiger partial charge in [-0.25, -0.2) is 8.42 Å². The molecule has 108 valence electrons. The van der Waals surface area contributed by atoms with E-state index in [-0.39, 0.29) is 17.6 Å². The molecule has 1 aliphatic rings. The maximum Gasteiger partial charge on any atom is 0.150 e. The van der Waals surface area contributed by atoms with Crippen LogP contribution in [-0.4, -0.2) is 29.6 Å². The van der Waals surface area contributed by atoms with Crippen molar-refractivity contribution >= 4 is 9.84 Å². The van der Waals surface area contributed by atoms with E-state index in [0.717, 1.165) is 31.2 Å². The summed E-state index contributed by atoms with van der Waals surface area (Å²) in [5.74, 6) is 0.461. The predicted molar refractivity (Wildman–Crippen MR) is 75.9 cm³/mol. The van der Waals surface area contributed by atoms with Crippen molar-refractivity contribution in [2.75, 3.05) is 11.5 Å². The van der Waals surface area contributed by atoms with Crippen molar-refractivity contribution in [1.29, 1.82) is 0 Å². The highest BCUT2D eigenvalue weighted by atomic mass is 32.2. The molecular weight excluding hydrogens is 262 g/mol. The van der Waals surface area contributed by atoms with Crippen LogP contribution in [-0.2, 0) is 22.8 Å². The molecule has 0 saturated heterocycles. The second kappa shape index (κ2) is 6.09. The second-order valence-corrected chi connectivity index (χ2v) is 7.80. The molecular formula is C14H23NO3S. The molecule has 1 aromatic rings. The number of rotatable bonds is 5. The molecule has 1 N–H and O–H groups in total. The fourth-order valence-electron chi connectivity index (χ4n) is 2.63. The maximum absolute atomic E-state index is 11.4. The lowest BCUT2D eigenvalue weighted by Gasteiger charge is -2.06. The monoisotopic (exact) mass is 285 g/mol. The van der Waals surface area contributed by atoms with Crippen LogP contribution >= 0.6 is 0 Å². The third-order valence-electron chi connectivity index (χ3n) is 3.84. The van der Waals surface area contributed by atoms with Crippen LogP contribution in [0.3, 0.4) is 0 Å². The minimum atomic E-state index is -2.87. The van der Waals surface area contributed by atoms with Crippen LogP contribution in [0.2, 0.25) is 0 Å². The molecule has 0 aromatic carbocycles. The van der Waals surface area contributed by atoms with Crippen molar-refractivity contribution in [3.05, 3.63) is 23.5 Å². The van der Waals surface area contributed by atoms with Crippen molar-refractivity contribution in [1.82, 2.24) is 4.57 Å². The topological polar surface area (TPSA) is 59.3 Å². The molecule has 0 radical (unpaired) electrons. The van der Waals surface area contributed by atoms with Gasteiger partial charge in [-0.1, -0.05) is 13.3 Å². The number of hydrogen-bond donors (Lipinski definition) is 1. The van der Waals surface area contributed by atoms with E-state index in [1.165, 1.54) is 5.56 Å². The van der Waals surface area contributed by atoms with Gasteiger partial charge in [0.15, 0.2) is 0 Å².